The maximum absolute atomic E-state index is 11.1. The van der Waals surface area contributed by atoms with Gasteiger partial charge in [0.2, 0.25) is 0 Å². The first-order chi connectivity index (χ1) is 8.59. The second-order valence-corrected chi connectivity index (χ2v) is 4.34. The zero-order valence-electron chi connectivity index (χ0n) is 10.1. The van der Waals surface area contributed by atoms with Crippen molar-refractivity contribution in [3.63, 3.8) is 0 Å². The number of fused-ring (bicyclic) bond motifs is 3. The van der Waals surface area contributed by atoms with Gasteiger partial charge in [-0.1, -0.05) is 12.1 Å². The second kappa shape index (κ2) is 3.60. The number of carbonyl (C=O) groups is 1. The number of carboxylic acid groups (broad SMARTS) is 1. The minimum absolute atomic E-state index is 0.0691. The van der Waals surface area contributed by atoms with Gasteiger partial charge < -0.3 is 9.84 Å². The molecular weight excluding hydrogens is 232 g/mol. The van der Waals surface area contributed by atoms with Crippen LogP contribution in [0.5, 0.6) is 5.75 Å². The van der Waals surface area contributed by atoms with Crippen LogP contribution in [0.25, 0.3) is 11.3 Å². The average Bonchev–Trinajstić information content (AvgIpc) is 2.68. The van der Waals surface area contributed by atoms with Crippen LogP contribution in [0, 0.1) is 6.92 Å². The summed E-state index contributed by atoms with van der Waals surface area (Å²) < 4.78 is 7.28. The molecule has 0 spiro atoms. The number of benzene rings is 1. The third kappa shape index (κ3) is 1.33. The number of hydrogen-bond acceptors (Lipinski definition) is 3. The third-order valence-corrected chi connectivity index (χ3v) is 3.18. The molecule has 92 valence electrons. The molecule has 18 heavy (non-hydrogen) atoms. The number of aromatic nitrogens is 2. The number of para-hydroxylation sites is 1. The average molecular weight is 244 g/mol. The number of aryl methyl sites for hydroxylation is 2. The summed E-state index contributed by atoms with van der Waals surface area (Å²) in [4.78, 5) is 11.1. The van der Waals surface area contributed by atoms with Crippen molar-refractivity contribution in [1.29, 1.82) is 0 Å². The van der Waals surface area contributed by atoms with Crippen LogP contribution in [0.2, 0.25) is 0 Å². The van der Waals surface area contributed by atoms with Gasteiger partial charge in [0, 0.05) is 12.6 Å². The van der Waals surface area contributed by atoms with Gasteiger partial charge in [0.15, 0.2) is 5.69 Å². The van der Waals surface area contributed by atoms with Crippen LogP contribution < -0.4 is 4.74 Å². The fraction of sp³-hybridized carbons (Fsp3) is 0.231. The quantitative estimate of drug-likeness (QED) is 0.833. The van der Waals surface area contributed by atoms with E-state index >= 15 is 0 Å². The molecular formula is C13H12N2O3. The predicted molar refractivity (Wildman–Crippen MR) is 64.7 cm³/mol. The second-order valence-electron chi connectivity index (χ2n) is 4.34. The van der Waals surface area contributed by atoms with Gasteiger partial charge in [-0.25, -0.2) is 4.79 Å². The predicted octanol–water partition coefficient (Wildman–Crippen LogP) is 1.99. The molecule has 0 saturated carbocycles. The highest BCUT2D eigenvalue weighted by atomic mass is 16.5. The first-order valence-corrected chi connectivity index (χ1v) is 5.61. The summed E-state index contributed by atoms with van der Waals surface area (Å²) in [5.41, 5.74) is 3.48. The summed E-state index contributed by atoms with van der Waals surface area (Å²) in [6.07, 6.45) is 0. The van der Waals surface area contributed by atoms with Crippen LogP contribution in [0.4, 0.5) is 0 Å². The normalized spacial score (nSPS) is 12.6. The zero-order valence-corrected chi connectivity index (χ0v) is 10.1. The fourth-order valence-electron chi connectivity index (χ4n) is 2.39. The van der Waals surface area contributed by atoms with Crippen molar-refractivity contribution in [2.24, 2.45) is 7.05 Å². The van der Waals surface area contributed by atoms with Crippen LogP contribution in [-0.2, 0) is 13.7 Å². The summed E-state index contributed by atoms with van der Waals surface area (Å²) in [5.74, 6) is -0.212. The van der Waals surface area contributed by atoms with Crippen molar-refractivity contribution in [2.45, 2.75) is 13.5 Å². The Morgan fingerprint density at radius 1 is 1.50 bits per heavy atom. The van der Waals surface area contributed by atoms with Gasteiger partial charge in [-0.05, 0) is 18.6 Å². The summed E-state index contributed by atoms with van der Waals surface area (Å²) in [6.45, 7) is 2.22. The molecule has 0 unspecified atom stereocenters. The first kappa shape index (κ1) is 10.8. The summed E-state index contributed by atoms with van der Waals surface area (Å²) >= 11 is 0. The lowest BCUT2D eigenvalue weighted by atomic mass is 10.00. The standard InChI is InChI=1S/C13H12N2O3/c1-7-4-3-5-8-11-9(6-18-12(7)8)10(13(16)17)14-15(11)2/h3-5H,6H2,1-2H3,(H,16,17). The molecule has 0 atom stereocenters. The summed E-state index contributed by atoms with van der Waals surface area (Å²) in [7, 11) is 1.75. The SMILES string of the molecule is Cc1cccc2c1OCc1c(C(=O)O)nn(C)c1-2. The molecule has 0 bridgehead atoms. The minimum Gasteiger partial charge on any atom is -0.488 e. The van der Waals surface area contributed by atoms with Crippen LogP contribution in [0.3, 0.4) is 0 Å². The third-order valence-electron chi connectivity index (χ3n) is 3.18. The molecule has 1 aromatic heterocycles. The largest absolute Gasteiger partial charge is 0.488 e. The molecule has 1 N–H and O–H groups in total. The maximum atomic E-state index is 11.1. The van der Waals surface area contributed by atoms with E-state index in [1.807, 2.05) is 25.1 Å². The minimum atomic E-state index is -1.02. The van der Waals surface area contributed by atoms with Crippen molar-refractivity contribution < 1.29 is 14.6 Å². The molecule has 5 nitrogen and oxygen atoms in total. The Morgan fingerprint density at radius 3 is 3.00 bits per heavy atom. The number of ether oxygens (including phenoxy) is 1. The van der Waals surface area contributed by atoms with Crippen LogP contribution in [0.1, 0.15) is 21.6 Å². The van der Waals surface area contributed by atoms with Gasteiger partial charge in [-0.15, -0.1) is 0 Å². The highest BCUT2D eigenvalue weighted by Crippen LogP contribution is 2.40. The lowest BCUT2D eigenvalue weighted by Crippen LogP contribution is -2.10. The molecule has 0 radical (unpaired) electrons. The lowest BCUT2D eigenvalue weighted by molar-refractivity contribution is 0.0686. The van der Waals surface area contributed by atoms with E-state index in [1.165, 1.54) is 0 Å². The molecule has 1 aliphatic rings. The van der Waals surface area contributed by atoms with Crippen LogP contribution in [0.15, 0.2) is 18.2 Å². The molecule has 3 rings (SSSR count). The Hall–Kier alpha value is -2.30. The number of rotatable bonds is 1. The maximum Gasteiger partial charge on any atom is 0.356 e. The molecule has 1 aromatic carbocycles. The fourth-order valence-corrected chi connectivity index (χ4v) is 2.39. The zero-order chi connectivity index (χ0) is 12.9. The topological polar surface area (TPSA) is 64.3 Å². The van der Waals surface area contributed by atoms with Gasteiger partial charge in [0.1, 0.15) is 12.4 Å². The number of hydrogen-bond donors (Lipinski definition) is 1. The molecule has 2 aromatic rings. The van der Waals surface area contributed by atoms with E-state index in [0.717, 1.165) is 22.6 Å². The Bertz CT molecular complexity index is 658. The molecule has 0 fully saturated rings. The molecule has 1 aliphatic heterocycles. The van der Waals surface area contributed by atoms with Gasteiger partial charge >= 0.3 is 5.97 Å². The van der Waals surface area contributed by atoms with E-state index in [4.69, 9.17) is 9.84 Å². The Balaban J connectivity index is 2.31. The highest BCUT2D eigenvalue weighted by Gasteiger charge is 2.28. The monoisotopic (exact) mass is 244 g/mol. The lowest BCUT2D eigenvalue weighted by Gasteiger charge is -2.20. The van der Waals surface area contributed by atoms with Crippen LogP contribution in [-0.4, -0.2) is 20.9 Å². The van der Waals surface area contributed by atoms with E-state index in [-0.39, 0.29) is 12.3 Å². The summed E-state index contributed by atoms with van der Waals surface area (Å²) in [5, 5.41) is 13.2. The molecule has 0 saturated heterocycles. The molecule has 5 heteroatoms. The van der Waals surface area contributed by atoms with Crippen molar-refractivity contribution in [3.05, 3.63) is 35.0 Å². The van der Waals surface area contributed by atoms with Crippen molar-refractivity contribution in [3.8, 4) is 17.0 Å². The van der Waals surface area contributed by atoms with Gasteiger partial charge in [0.25, 0.3) is 0 Å². The van der Waals surface area contributed by atoms with Crippen molar-refractivity contribution >= 4 is 5.97 Å². The number of nitrogens with zero attached hydrogens (tertiary/aromatic N) is 2. The van der Waals surface area contributed by atoms with E-state index in [1.54, 1.807) is 11.7 Å². The van der Waals surface area contributed by atoms with Crippen LogP contribution >= 0.6 is 0 Å². The summed E-state index contributed by atoms with van der Waals surface area (Å²) in [6, 6.07) is 5.83. The number of aromatic carboxylic acids is 1. The molecule has 2 heterocycles. The van der Waals surface area contributed by atoms with E-state index in [0.29, 0.717) is 5.56 Å². The Morgan fingerprint density at radius 2 is 2.28 bits per heavy atom. The molecule has 0 amide bonds. The van der Waals surface area contributed by atoms with E-state index in [2.05, 4.69) is 5.10 Å². The Kier molecular flexibility index (Phi) is 2.16. The van der Waals surface area contributed by atoms with Gasteiger partial charge in [-0.3, -0.25) is 4.68 Å². The number of carboxylic acids is 1. The molecule has 0 aliphatic carbocycles. The van der Waals surface area contributed by atoms with Gasteiger partial charge in [-0.2, -0.15) is 5.10 Å². The smallest absolute Gasteiger partial charge is 0.356 e. The highest BCUT2D eigenvalue weighted by molar-refractivity contribution is 5.90. The van der Waals surface area contributed by atoms with E-state index < -0.39 is 5.97 Å². The van der Waals surface area contributed by atoms with Crippen molar-refractivity contribution in [1.82, 2.24) is 9.78 Å². The van der Waals surface area contributed by atoms with E-state index in [9.17, 15) is 4.79 Å². The van der Waals surface area contributed by atoms with Gasteiger partial charge in [0.05, 0.1) is 11.3 Å². The Labute approximate surface area is 104 Å². The van der Waals surface area contributed by atoms with Crippen molar-refractivity contribution in [2.75, 3.05) is 0 Å². The first-order valence-electron chi connectivity index (χ1n) is 5.61.